The molecule has 3 N–H and O–H groups in total. The Balaban J connectivity index is 1.74. The van der Waals surface area contributed by atoms with Gasteiger partial charge in [0.1, 0.15) is 5.75 Å². The summed E-state index contributed by atoms with van der Waals surface area (Å²) < 4.78 is 5.45. The van der Waals surface area contributed by atoms with Crippen molar-refractivity contribution in [1.29, 1.82) is 0 Å². The Morgan fingerprint density at radius 3 is 2.38 bits per heavy atom. The van der Waals surface area contributed by atoms with Crippen LogP contribution in [0.3, 0.4) is 0 Å². The van der Waals surface area contributed by atoms with Crippen LogP contribution in [0.4, 0.5) is 10.5 Å². The standard InChI is InChI=1S/C18H21N3O3/c1-19-17(22)11-12-24-16-9-7-15(8-10-16)21-18(23)20-13-14-5-3-2-4-6-14/h2-10H,11-13H2,1H3,(H,19,22)(H2,20,21,23). The average molecular weight is 327 g/mol. The minimum absolute atomic E-state index is 0.0663. The molecule has 0 aliphatic rings. The molecule has 0 aromatic heterocycles. The SMILES string of the molecule is CNC(=O)CCOc1ccc(NC(=O)NCc2ccccc2)cc1. The van der Waals surface area contributed by atoms with E-state index in [0.717, 1.165) is 5.56 Å². The number of hydrogen-bond donors (Lipinski definition) is 3. The fourth-order valence-corrected chi connectivity index (χ4v) is 1.97. The molecule has 0 heterocycles. The molecule has 0 saturated heterocycles. The molecule has 0 aliphatic carbocycles. The van der Waals surface area contributed by atoms with E-state index in [1.165, 1.54) is 0 Å². The summed E-state index contributed by atoms with van der Waals surface area (Å²) in [4.78, 5) is 22.9. The van der Waals surface area contributed by atoms with Crippen LogP contribution in [0.2, 0.25) is 0 Å². The van der Waals surface area contributed by atoms with Crippen molar-refractivity contribution in [3.05, 3.63) is 60.2 Å². The smallest absolute Gasteiger partial charge is 0.319 e. The minimum Gasteiger partial charge on any atom is -0.493 e. The minimum atomic E-state index is -0.271. The molecule has 0 fully saturated rings. The monoisotopic (exact) mass is 327 g/mol. The Morgan fingerprint density at radius 1 is 1.00 bits per heavy atom. The predicted molar refractivity (Wildman–Crippen MR) is 92.9 cm³/mol. The summed E-state index contributed by atoms with van der Waals surface area (Å²) >= 11 is 0. The number of hydrogen-bond acceptors (Lipinski definition) is 3. The molecule has 0 radical (unpaired) electrons. The number of anilines is 1. The van der Waals surface area contributed by atoms with E-state index in [1.807, 2.05) is 30.3 Å². The number of amides is 3. The number of rotatable bonds is 7. The van der Waals surface area contributed by atoms with Gasteiger partial charge in [-0.1, -0.05) is 30.3 Å². The molecule has 0 spiro atoms. The summed E-state index contributed by atoms with van der Waals surface area (Å²) in [6, 6.07) is 16.4. The maximum absolute atomic E-state index is 11.9. The third-order valence-electron chi connectivity index (χ3n) is 3.28. The van der Waals surface area contributed by atoms with Crippen molar-refractivity contribution in [2.75, 3.05) is 19.0 Å². The molecular weight excluding hydrogens is 306 g/mol. The van der Waals surface area contributed by atoms with Crippen LogP contribution in [-0.4, -0.2) is 25.6 Å². The van der Waals surface area contributed by atoms with Gasteiger partial charge in [0.05, 0.1) is 13.0 Å². The third-order valence-corrected chi connectivity index (χ3v) is 3.28. The summed E-state index contributed by atoms with van der Waals surface area (Å²) in [6.45, 7) is 0.775. The number of urea groups is 1. The molecular formula is C18H21N3O3. The van der Waals surface area contributed by atoms with Crippen molar-refractivity contribution >= 4 is 17.6 Å². The van der Waals surface area contributed by atoms with Crippen molar-refractivity contribution in [1.82, 2.24) is 10.6 Å². The highest BCUT2D eigenvalue weighted by molar-refractivity contribution is 5.89. The Kier molecular flexibility index (Phi) is 6.64. The van der Waals surface area contributed by atoms with Gasteiger partial charge in [0.25, 0.3) is 0 Å². The zero-order chi connectivity index (χ0) is 17.2. The van der Waals surface area contributed by atoms with Crippen molar-refractivity contribution in [3.8, 4) is 5.75 Å². The summed E-state index contributed by atoms with van der Waals surface area (Å²) in [5, 5.41) is 8.07. The lowest BCUT2D eigenvalue weighted by atomic mass is 10.2. The molecule has 0 atom stereocenters. The predicted octanol–water partition coefficient (Wildman–Crippen LogP) is 2.52. The fraction of sp³-hybridized carbons (Fsp3) is 0.222. The second kappa shape index (κ2) is 9.19. The van der Waals surface area contributed by atoms with E-state index in [0.29, 0.717) is 31.0 Å². The molecule has 2 rings (SSSR count). The van der Waals surface area contributed by atoms with Crippen molar-refractivity contribution < 1.29 is 14.3 Å². The average Bonchev–Trinajstić information content (AvgIpc) is 2.62. The fourth-order valence-electron chi connectivity index (χ4n) is 1.97. The second-order valence-corrected chi connectivity index (χ2v) is 5.09. The number of nitrogens with one attached hydrogen (secondary N) is 3. The van der Waals surface area contributed by atoms with E-state index < -0.39 is 0 Å². The van der Waals surface area contributed by atoms with E-state index in [1.54, 1.807) is 31.3 Å². The van der Waals surface area contributed by atoms with Gasteiger partial charge in [0.15, 0.2) is 0 Å². The van der Waals surface area contributed by atoms with Gasteiger partial charge in [-0.15, -0.1) is 0 Å². The van der Waals surface area contributed by atoms with E-state index >= 15 is 0 Å². The van der Waals surface area contributed by atoms with Crippen LogP contribution in [-0.2, 0) is 11.3 Å². The first-order valence-electron chi connectivity index (χ1n) is 7.69. The molecule has 0 aliphatic heterocycles. The van der Waals surface area contributed by atoms with Gasteiger partial charge in [-0.3, -0.25) is 4.79 Å². The highest BCUT2D eigenvalue weighted by Gasteiger charge is 2.03. The van der Waals surface area contributed by atoms with Crippen molar-refractivity contribution in [2.45, 2.75) is 13.0 Å². The molecule has 0 bridgehead atoms. The van der Waals surface area contributed by atoms with Crippen LogP contribution in [0.25, 0.3) is 0 Å². The molecule has 2 aromatic rings. The summed E-state index contributed by atoms with van der Waals surface area (Å²) in [6.07, 6.45) is 0.304. The highest BCUT2D eigenvalue weighted by Crippen LogP contribution is 2.15. The lowest BCUT2D eigenvalue weighted by Crippen LogP contribution is -2.28. The van der Waals surface area contributed by atoms with Gasteiger partial charge in [-0.2, -0.15) is 0 Å². The molecule has 6 heteroatoms. The Bertz CT molecular complexity index is 657. The van der Waals surface area contributed by atoms with Gasteiger partial charge >= 0.3 is 6.03 Å². The zero-order valence-corrected chi connectivity index (χ0v) is 13.5. The first-order valence-corrected chi connectivity index (χ1v) is 7.69. The molecule has 126 valence electrons. The number of carbonyl (C=O) groups excluding carboxylic acids is 2. The van der Waals surface area contributed by atoms with E-state index in [4.69, 9.17) is 4.74 Å². The quantitative estimate of drug-likeness (QED) is 0.731. The van der Waals surface area contributed by atoms with E-state index in [9.17, 15) is 9.59 Å². The zero-order valence-electron chi connectivity index (χ0n) is 13.5. The highest BCUT2D eigenvalue weighted by atomic mass is 16.5. The van der Waals surface area contributed by atoms with Gasteiger partial charge in [0, 0.05) is 19.3 Å². The van der Waals surface area contributed by atoms with Crippen LogP contribution >= 0.6 is 0 Å². The van der Waals surface area contributed by atoms with Gasteiger partial charge in [-0.05, 0) is 29.8 Å². The maximum Gasteiger partial charge on any atom is 0.319 e. The van der Waals surface area contributed by atoms with Crippen LogP contribution in [0.1, 0.15) is 12.0 Å². The first-order chi connectivity index (χ1) is 11.7. The lowest BCUT2D eigenvalue weighted by Gasteiger charge is -2.09. The van der Waals surface area contributed by atoms with Crippen LogP contribution in [0, 0.1) is 0 Å². The molecule has 0 saturated carbocycles. The van der Waals surface area contributed by atoms with Crippen LogP contribution < -0.4 is 20.7 Å². The van der Waals surface area contributed by atoms with Gasteiger partial charge in [0.2, 0.25) is 5.91 Å². The number of ether oxygens (including phenoxy) is 1. The first kappa shape index (κ1) is 17.3. The Hall–Kier alpha value is -3.02. The molecule has 3 amide bonds. The maximum atomic E-state index is 11.9. The van der Waals surface area contributed by atoms with Gasteiger partial charge in [-0.25, -0.2) is 4.79 Å². The van der Waals surface area contributed by atoms with Crippen LogP contribution in [0.15, 0.2) is 54.6 Å². The van der Waals surface area contributed by atoms with Gasteiger partial charge < -0.3 is 20.7 Å². The second-order valence-electron chi connectivity index (χ2n) is 5.09. The lowest BCUT2D eigenvalue weighted by molar-refractivity contribution is -0.121. The molecule has 24 heavy (non-hydrogen) atoms. The molecule has 0 unspecified atom stereocenters. The molecule has 6 nitrogen and oxygen atoms in total. The Labute approximate surface area is 141 Å². The van der Waals surface area contributed by atoms with E-state index in [-0.39, 0.29) is 11.9 Å². The Morgan fingerprint density at radius 2 is 1.71 bits per heavy atom. The topological polar surface area (TPSA) is 79.5 Å². The number of benzene rings is 2. The summed E-state index contributed by atoms with van der Waals surface area (Å²) in [5.41, 5.74) is 1.70. The summed E-state index contributed by atoms with van der Waals surface area (Å²) in [5.74, 6) is 0.581. The number of carbonyl (C=O) groups is 2. The van der Waals surface area contributed by atoms with E-state index in [2.05, 4.69) is 16.0 Å². The van der Waals surface area contributed by atoms with Crippen LogP contribution in [0.5, 0.6) is 5.75 Å². The van der Waals surface area contributed by atoms with Crippen molar-refractivity contribution in [2.24, 2.45) is 0 Å². The normalized spacial score (nSPS) is 9.88. The largest absolute Gasteiger partial charge is 0.493 e. The third kappa shape index (κ3) is 6.00. The summed E-state index contributed by atoms with van der Waals surface area (Å²) in [7, 11) is 1.59. The van der Waals surface area contributed by atoms with Crippen molar-refractivity contribution in [3.63, 3.8) is 0 Å². The molecule has 2 aromatic carbocycles.